The van der Waals surface area contributed by atoms with Gasteiger partial charge in [0.15, 0.2) is 11.5 Å². The van der Waals surface area contributed by atoms with Crippen LogP contribution in [0.25, 0.3) is 22.4 Å². The fraction of sp³-hybridized carbons (Fsp3) is 0.250. The van der Waals surface area contributed by atoms with Gasteiger partial charge in [-0.15, -0.1) is 11.3 Å². The molecule has 1 aliphatic heterocycles. The van der Waals surface area contributed by atoms with Crippen LogP contribution < -0.4 is 0 Å². The Bertz CT molecular complexity index is 1060. The van der Waals surface area contributed by atoms with Crippen molar-refractivity contribution in [3.63, 3.8) is 0 Å². The Kier molecular flexibility index (Phi) is 4.27. The first kappa shape index (κ1) is 16.7. The third-order valence-electron chi connectivity index (χ3n) is 4.53. The first-order valence-corrected chi connectivity index (χ1v) is 9.68. The molecule has 138 valence electrons. The normalized spacial score (nSPS) is 15.6. The van der Waals surface area contributed by atoms with Gasteiger partial charge in [0.05, 0.1) is 30.7 Å². The van der Waals surface area contributed by atoms with Gasteiger partial charge in [-0.3, -0.25) is 4.68 Å². The molecule has 0 atom stereocenters. The standard InChI is InChI=1S/C20H17FN2O3S/c21-14-5-1-6-15-18(14)19(22-23(15)12-13-4-2-11-27-13)16-7-8-17(26-16)20-24-9-3-10-25-20/h1-2,4-8,11,20H,3,9-10,12H2. The van der Waals surface area contributed by atoms with Crippen LogP contribution in [0, 0.1) is 5.82 Å². The van der Waals surface area contributed by atoms with Gasteiger partial charge in [0.1, 0.15) is 11.5 Å². The fourth-order valence-electron chi connectivity index (χ4n) is 3.29. The molecule has 5 nitrogen and oxygen atoms in total. The van der Waals surface area contributed by atoms with Gasteiger partial charge in [-0.1, -0.05) is 12.1 Å². The van der Waals surface area contributed by atoms with Crippen molar-refractivity contribution in [2.75, 3.05) is 13.2 Å². The Hall–Kier alpha value is -2.48. The summed E-state index contributed by atoms with van der Waals surface area (Å²) in [6.07, 6.45) is 0.351. The van der Waals surface area contributed by atoms with Gasteiger partial charge < -0.3 is 13.9 Å². The van der Waals surface area contributed by atoms with Gasteiger partial charge in [-0.25, -0.2) is 4.39 Å². The Morgan fingerprint density at radius 2 is 2.00 bits per heavy atom. The molecule has 1 aromatic carbocycles. The molecule has 0 radical (unpaired) electrons. The Morgan fingerprint density at radius 3 is 2.81 bits per heavy atom. The largest absolute Gasteiger partial charge is 0.454 e. The lowest BCUT2D eigenvalue weighted by Crippen LogP contribution is -2.17. The summed E-state index contributed by atoms with van der Waals surface area (Å²) in [5.41, 5.74) is 1.23. The minimum absolute atomic E-state index is 0.317. The number of furan rings is 1. The summed E-state index contributed by atoms with van der Waals surface area (Å²) in [6.45, 7) is 1.85. The van der Waals surface area contributed by atoms with Crippen molar-refractivity contribution in [3.05, 3.63) is 64.3 Å². The van der Waals surface area contributed by atoms with E-state index in [1.54, 1.807) is 29.5 Å². The van der Waals surface area contributed by atoms with Crippen LogP contribution in [0.15, 0.2) is 52.3 Å². The summed E-state index contributed by atoms with van der Waals surface area (Å²) in [5.74, 6) is 0.757. The van der Waals surface area contributed by atoms with E-state index < -0.39 is 6.29 Å². The molecule has 4 aromatic rings. The number of rotatable bonds is 4. The first-order valence-electron chi connectivity index (χ1n) is 8.80. The molecule has 0 spiro atoms. The molecule has 5 rings (SSSR count). The number of hydrogen-bond acceptors (Lipinski definition) is 5. The lowest BCUT2D eigenvalue weighted by atomic mass is 10.1. The number of thiophene rings is 1. The number of halogens is 1. The van der Waals surface area contributed by atoms with E-state index in [-0.39, 0.29) is 5.82 Å². The van der Waals surface area contributed by atoms with Crippen molar-refractivity contribution in [1.29, 1.82) is 0 Å². The van der Waals surface area contributed by atoms with Crippen LogP contribution in [0.5, 0.6) is 0 Å². The highest BCUT2D eigenvalue weighted by Crippen LogP contribution is 2.34. The molecule has 0 amide bonds. The maximum atomic E-state index is 14.6. The molecule has 0 aliphatic carbocycles. The first-order chi connectivity index (χ1) is 13.3. The predicted molar refractivity (Wildman–Crippen MR) is 100 cm³/mol. The zero-order valence-corrected chi connectivity index (χ0v) is 15.2. The lowest BCUT2D eigenvalue weighted by molar-refractivity contribution is -0.191. The highest BCUT2D eigenvalue weighted by Gasteiger charge is 2.23. The number of aromatic nitrogens is 2. The quantitative estimate of drug-likeness (QED) is 0.498. The molecule has 1 fully saturated rings. The number of hydrogen-bond donors (Lipinski definition) is 0. The maximum Gasteiger partial charge on any atom is 0.217 e. The average Bonchev–Trinajstić information content (AvgIpc) is 3.43. The van der Waals surface area contributed by atoms with Gasteiger partial charge in [-0.05, 0) is 42.1 Å². The zero-order chi connectivity index (χ0) is 18.2. The molecule has 27 heavy (non-hydrogen) atoms. The second-order valence-corrected chi connectivity index (χ2v) is 7.38. The van der Waals surface area contributed by atoms with Crippen molar-refractivity contribution in [3.8, 4) is 11.5 Å². The molecular formula is C20H17FN2O3S. The lowest BCUT2D eigenvalue weighted by Gasteiger charge is -2.21. The van der Waals surface area contributed by atoms with Crippen molar-refractivity contribution < 1.29 is 18.3 Å². The van der Waals surface area contributed by atoms with Crippen LogP contribution in [0.4, 0.5) is 4.39 Å². The topological polar surface area (TPSA) is 49.4 Å². The molecule has 0 unspecified atom stereocenters. The van der Waals surface area contributed by atoms with E-state index in [1.807, 2.05) is 28.3 Å². The molecule has 0 bridgehead atoms. The molecule has 7 heteroatoms. The average molecular weight is 384 g/mol. The van der Waals surface area contributed by atoms with Gasteiger partial charge >= 0.3 is 0 Å². The van der Waals surface area contributed by atoms with E-state index in [0.717, 1.165) is 16.8 Å². The SMILES string of the molecule is Fc1cccc2c1c(-c1ccc(C3OCCCO3)o1)nn2Cc1cccs1. The van der Waals surface area contributed by atoms with Gasteiger partial charge in [-0.2, -0.15) is 5.10 Å². The summed E-state index contributed by atoms with van der Waals surface area (Å²) >= 11 is 1.65. The smallest absolute Gasteiger partial charge is 0.217 e. The zero-order valence-electron chi connectivity index (χ0n) is 14.4. The van der Waals surface area contributed by atoms with Crippen molar-refractivity contribution in [1.82, 2.24) is 9.78 Å². The number of fused-ring (bicyclic) bond motifs is 1. The predicted octanol–water partition coefficient (Wildman–Crippen LogP) is 4.98. The highest BCUT2D eigenvalue weighted by atomic mass is 32.1. The molecular weight excluding hydrogens is 367 g/mol. The van der Waals surface area contributed by atoms with E-state index in [0.29, 0.717) is 42.4 Å². The van der Waals surface area contributed by atoms with Crippen LogP contribution >= 0.6 is 11.3 Å². The minimum atomic E-state index is -0.517. The van der Waals surface area contributed by atoms with Crippen molar-refractivity contribution in [2.24, 2.45) is 0 Å². The summed E-state index contributed by atoms with van der Waals surface area (Å²) < 4.78 is 33.6. The summed E-state index contributed by atoms with van der Waals surface area (Å²) in [5, 5.41) is 7.14. The Morgan fingerprint density at radius 1 is 1.11 bits per heavy atom. The van der Waals surface area contributed by atoms with Gasteiger partial charge in [0.2, 0.25) is 6.29 Å². The number of ether oxygens (including phenoxy) is 2. The second-order valence-electron chi connectivity index (χ2n) is 6.35. The monoisotopic (exact) mass is 384 g/mol. The maximum absolute atomic E-state index is 14.6. The Labute approximate surface area is 158 Å². The van der Waals surface area contributed by atoms with Crippen LogP contribution in [-0.4, -0.2) is 23.0 Å². The van der Waals surface area contributed by atoms with Crippen LogP contribution in [0.1, 0.15) is 23.3 Å². The van der Waals surface area contributed by atoms with E-state index in [1.165, 1.54) is 6.07 Å². The Balaban J connectivity index is 1.57. The molecule has 4 heterocycles. The molecule has 0 saturated carbocycles. The third kappa shape index (κ3) is 3.07. The van der Waals surface area contributed by atoms with E-state index in [2.05, 4.69) is 5.10 Å². The van der Waals surface area contributed by atoms with E-state index in [4.69, 9.17) is 13.9 Å². The fourth-order valence-corrected chi connectivity index (χ4v) is 3.97. The third-order valence-corrected chi connectivity index (χ3v) is 5.39. The minimum Gasteiger partial charge on any atom is -0.454 e. The van der Waals surface area contributed by atoms with Crippen LogP contribution in [0.3, 0.4) is 0 Å². The van der Waals surface area contributed by atoms with Crippen LogP contribution in [0.2, 0.25) is 0 Å². The molecule has 0 N–H and O–H groups in total. The van der Waals surface area contributed by atoms with E-state index >= 15 is 0 Å². The molecule has 3 aromatic heterocycles. The summed E-state index contributed by atoms with van der Waals surface area (Å²) in [4.78, 5) is 1.15. The molecule has 1 saturated heterocycles. The van der Waals surface area contributed by atoms with Crippen LogP contribution in [-0.2, 0) is 16.0 Å². The number of benzene rings is 1. The summed E-state index contributed by atoms with van der Waals surface area (Å²) in [7, 11) is 0. The molecule has 1 aliphatic rings. The van der Waals surface area contributed by atoms with Crippen molar-refractivity contribution >= 4 is 22.2 Å². The highest BCUT2D eigenvalue weighted by molar-refractivity contribution is 7.09. The van der Waals surface area contributed by atoms with Gasteiger partial charge in [0.25, 0.3) is 0 Å². The van der Waals surface area contributed by atoms with E-state index in [9.17, 15) is 4.39 Å². The summed E-state index contributed by atoms with van der Waals surface area (Å²) in [6, 6.07) is 12.7. The number of nitrogens with zero attached hydrogens (tertiary/aromatic N) is 2. The van der Waals surface area contributed by atoms with Gasteiger partial charge in [0, 0.05) is 4.88 Å². The second kappa shape index (κ2) is 6.92. The van der Waals surface area contributed by atoms with Crippen molar-refractivity contribution in [2.45, 2.75) is 19.3 Å².